The van der Waals surface area contributed by atoms with Crippen molar-refractivity contribution < 1.29 is 9.72 Å². The van der Waals surface area contributed by atoms with Crippen LogP contribution in [0.4, 0.5) is 11.4 Å². The van der Waals surface area contributed by atoms with Crippen LogP contribution in [0.15, 0.2) is 29.3 Å². The largest absolute Gasteiger partial charge is 0.314 e. The number of amidine groups is 1. The summed E-state index contributed by atoms with van der Waals surface area (Å²) in [6, 6.07) is 6.47. The Bertz CT molecular complexity index is 530. The summed E-state index contributed by atoms with van der Waals surface area (Å²) in [6.07, 6.45) is 0. The number of hydrogen-bond acceptors (Lipinski definition) is 4. The van der Waals surface area contributed by atoms with Crippen LogP contribution < -0.4 is 4.90 Å². The van der Waals surface area contributed by atoms with Gasteiger partial charge in [-0.1, -0.05) is 23.9 Å². The third-order valence-electron chi connectivity index (χ3n) is 2.40. The normalized spacial score (nSPS) is 17.2. The zero-order valence-corrected chi connectivity index (χ0v) is 10.5. The molecular weight excluding hydrogens is 254 g/mol. The first-order valence-corrected chi connectivity index (χ1v) is 6.31. The van der Waals surface area contributed by atoms with Gasteiger partial charge in [0.1, 0.15) is 5.69 Å². The molecular formula is C11H11N3O3S. The maximum Gasteiger partial charge on any atom is 0.292 e. The lowest BCUT2D eigenvalue weighted by molar-refractivity contribution is -0.384. The molecule has 1 saturated heterocycles. The average Bonchev–Trinajstić information content (AvgIpc) is 2.76. The van der Waals surface area contributed by atoms with Gasteiger partial charge in [-0.2, -0.15) is 4.99 Å². The highest BCUT2D eigenvalue weighted by Crippen LogP contribution is 2.32. The molecule has 0 saturated carbocycles. The van der Waals surface area contributed by atoms with Gasteiger partial charge in [-0.3, -0.25) is 14.9 Å². The molecule has 1 aromatic rings. The lowest BCUT2D eigenvalue weighted by Gasteiger charge is -2.17. The molecule has 7 heteroatoms. The van der Waals surface area contributed by atoms with Crippen molar-refractivity contribution in [3.63, 3.8) is 0 Å². The van der Waals surface area contributed by atoms with Gasteiger partial charge < -0.3 is 4.90 Å². The van der Waals surface area contributed by atoms with Crippen molar-refractivity contribution in [2.45, 2.75) is 6.92 Å². The lowest BCUT2D eigenvalue weighted by atomic mass is 10.2. The van der Waals surface area contributed by atoms with Crippen LogP contribution in [-0.2, 0) is 4.79 Å². The Hall–Kier alpha value is -1.89. The molecule has 0 unspecified atom stereocenters. The number of anilines is 1. The maximum atomic E-state index is 11.0. The van der Waals surface area contributed by atoms with E-state index in [9.17, 15) is 14.9 Å². The first kappa shape index (κ1) is 12.6. The van der Waals surface area contributed by atoms with Crippen LogP contribution in [0.25, 0.3) is 0 Å². The van der Waals surface area contributed by atoms with Gasteiger partial charge in [0.2, 0.25) is 5.91 Å². The van der Waals surface area contributed by atoms with Crippen LogP contribution in [0.3, 0.4) is 0 Å². The van der Waals surface area contributed by atoms with Crippen molar-refractivity contribution in [1.82, 2.24) is 0 Å². The summed E-state index contributed by atoms with van der Waals surface area (Å²) in [5, 5.41) is 11.5. The second-order valence-corrected chi connectivity index (χ2v) is 4.72. The summed E-state index contributed by atoms with van der Waals surface area (Å²) in [5.41, 5.74) is 0.503. The number of para-hydroxylation sites is 2. The minimum Gasteiger partial charge on any atom is -0.314 e. The molecule has 0 spiro atoms. The van der Waals surface area contributed by atoms with Crippen LogP contribution in [0.5, 0.6) is 0 Å². The highest BCUT2D eigenvalue weighted by molar-refractivity contribution is 8.14. The number of amides is 1. The zero-order valence-electron chi connectivity index (χ0n) is 9.70. The Morgan fingerprint density at radius 2 is 2.22 bits per heavy atom. The fraction of sp³-hybridized carbons (Fsp3) is 0.273. The minimum absolute atomic E-state index is 0.0243. The maximum absolute atomic E-state index is 11.0. The first-order chi connectivity index (χ1) is 8.59. The Kier molecular flexibility index (Phi) is 3.61. The van der Waals surface area contributed by atoms with E-state index in [1.165, 1.54) is 24.8 Å². The van der Waals surface area contributed by atoms with E-state index in [0.29, 0.717) is 17.4 Å². The van der Waals surface area contributed by atoms with Crippen LogP contribution >= 0.6 is 11.8 Å². The predicted octanol–water partition coefficient (Wildman–Crippen LogP) is 2.05. The molecule has 0 N–H and O–H groups in total. The van der Waals surface area contributed by atoms with E-state index in [4.69, 9.17) is 0 Å². The van der Waals surface area contributed by atoms with Gasteiger partial charge in [-0.05, 0) is 6.07 Å². The highest BCUT2D eigenvalue weighted by atomic mass is 32.2. The summed E-state index contributed by atoms with van der Waals surface area (Å²) in [7, 11) is 0. The van der Waals surface area contributed by atoms with Crippen LogP contribution in [0.2, 0.25) is 0 Å². The molecule has 1 heterocycles. The van der Waals surface area contributed by atoms with E-state index < -0.39 is 4.92 Å². The van der Waals surface area contributed by atoms with Gasteiger partial charge in [-0.25, -0.2) is 0 Å². The number of hydrogen-bond donors (Lipinski definition) is 0. The monoisotopic (exact) mass is 265 g/mol. The molecule has 1 aliphatic heterocycles. The molecule has 0 bridgehead atoms. The molecule has 1 aliphatic rings. The number of rotatable bonds is 2. The second kappa shape index (κ2) is 5.18. The summed E-state index contributed by atoms with van der Waals surface area (Å²) in [4.78, 5) is 27.2. The lowest BCUT2D eigenvalue weighted by Crippen LogP contribution is -2.25. The molecule has 6 nitrogen and oxygen atoms in total. The van der Waals surface area contributed by atoms with Gasteiger partial charge in [-0.15, -0.1) is 0 Å². The fourth-order valence-corrected chi connectivity index (χ4v) is 2.69. The molecule has 0 atom stereocenters. The molecule has 94 valence electrons. The standard InChI is InChI=1S/C11H11N3O3S/c1-8(15)12-11-13(6-7-18-11)9-4-2-3-5-10(9)14(16)17/h2-5H,6-7H2,1H3. The Balaban J connectivity index is 2.42. The summed E-state index contributed by atoms with van der Waals surface area (Å²) in [5.74, 6) is 0.459. The number of benzene rings is 1. The third-order valence-corrected chi connectivity index (χ3v) is 3.36. The molecule has 1 fully saturated rings. The van der Waals surface area contributed by atoms with Gasteiger partial charge in [0, 0.05) is 25.3 Å². The number of nitrogens with zero attached hydrogens (tertiary/aromatic N) is 3. The van der Waals surface area contributed by atoms with Crippen LogP contribution in [0.1, 0.15) is 6.92 Å². The average molecular weight is 265 g/mol. The van der Waals surface area contributed by atoms with E-state index in [1.807, 2.05) is 0 Å². The SMILES string of the molecule is CC(=O)N=C1SCCN1c1ccccc1[N+](=O)[O-]. The van der Waals surface area contributed by atoms with E-state index in [0.717, 1.165) is 5.75 Å². The van der Waals surface area contributed by atoms with Crippen molar-refractivity contribution in [1.29, 1.82) is 0 Å². The van der Waals surface area contributed by atoms with Crippen molar-refractivity contribution in [2.24, 2.45) is 4.99 Å². The number of nitro groups is 1. The van der Waals surface area contributed by atoms with Gasteiger partial charge in [0.05, 0.1) is 4.92 Å². The molecule has 0 aliphatic carbocycles. The molecule has 2 rings (SSSR count). The van der Waals surface area contributed by atoms with Gasteiger partial charge >= 0.3 is 0 Å². The minimum atomic E-state index is -0.427. The van der Waals surface area contributed by atoms with E-state index in [-0.39, 0.29) is 11.6 Å². The van der Waals surface area contributed by atoms with E-state index in [2.05, 4.69) is 4.99 Å². The number of carbonyl (C=O) groups excluding carboxylic acids is 1. The predicted molar refractivity (Wildman–Crippen MR) is 71.0 cm³/mol. The van der Waals surface area contributed by atoms with E-state index in [1.54, 1.807) is 23.1 Å². The summed E-state index contributed by atoms with van der Waals surface area (Å²) < 4.78 is 0. The molecule has 0 radical (unpaired) electrons. The number of aliphatic imine (C=N–C) groups is 1. The second-order valence-electron chi connectivity index (χ2n) is 3.66. The number of carbonyl (C=O) groups is 1. The van der Waals surface area contributed by atoms with E-state index >= 15 is 0 Å². The Morgan fingerprint density at radius 3 is 2.89 bits per heavy atom. The van der Waals surface area contributed by atoms with Gasteiger partial charge in [0.25, 0.3) is 5.69 Å². The quantitative estimate of drug-likeness (QED) is 0.604. The molecule has 1 aromatic carbocycles. The smallest absolute Gasteiger partial charge is 0.292 e. The summed E-state index contributed by atoms with van der Waals surface area (Å²) in [6.45, 7) is 1.98. The highest BCUT2D eigenvalue weighted by Gasteiger charge is 2.27. The molecule has 0 aromatic heterocycles. The Morgan fingerprint density at radius 1 is 1.50 bits per heavy atom. The Labute approximate surface area is 108 Å². The van der Waals surface area contributed by atoms with Crippen molar-refractivity contribution in [3.8, 4) is 0 Å². The van der Waals surface area contributed by atoms with Crippen molar-refractivity contribution in [3.05, 3.63) is 34.4 Å². The molecule has 18 heavy (non-hydrogen) atoms. The molecule has 1 amide bonds. The fourth-order valence-electron chi connectivity index (χ4n) is 1.70. The van der Waals surface area contributed by atoms with Crippen molar-refractivity contribution >= 4 is 34.2 Å². The van der Waals surface area contributed by atoms with Gasteiger partial charge in [0.15, 0.2) is 5.17 Å². The third kappa shape index (κ3) is 2.51. The number of nitro benzene ring substituents is 1. The van der Waals surface area contributed by atoms with Crippen LogP contribution in [-0.4, -0.2) is 28.3 Å². The van der Waals surface area contributed by atoms with Crippen LogP contribution in [0, 0.1) is 10.1 Å². The summed E-state index contributed by atoms with van der Waals surface area (Å²) >= 11 is 1.43. The van der Waals surface area contributed by atoms with Crippen molar-refractivity contribution in [2.75, 3.05) is 17.2 Å². The topological polar surface area (TPSA) is 75.8 Å². The zero-order chi connectivity index (χ0) is 13.1. The first-order valence-electron chi connectivity index (χ1n) is 5.32. The number of thioether (sulfide) groups is 1.